The molecule has 0 unspecified atom stereocenters. The third-order valence-electron chi connectivity index (χ3n) is 3.78. The van der Waals surface area contributed by atoms with Gasteiger partial charge in [-0.25, -0.2) is 0 Å². The van der Waals surface area contributed by atoms with Crippen molar-refractivity contribution < 1.29 is 4.79 Å². The lowest BCUT2D eigenvalue weighted by Gasteiger charge is -2.04. The van der Waals surface area contributed by atoms with Crippen LogP contribution in [0.4, 0.5) is 0 Å². The van der Waals surface area contributed by atoms with Crippen LogP contribution in [-0.4, -0.2) is 17.4 Å². The van der Waals surface area contributed by atoms with Crippen molar-refractivity contribution in [3.63, 3.8) is 0 Å². The Morgan fingerprint density at radius 3 is 2.17 bits per heavy atom. The molecule has 0 aliphatic heterocycles. The topological polar surface area (TPSA) is 42.0 Å². The van der Waals surface area contributed by atoms with Crippen molar-refractivity contribution in [2.45, 2.75) is 53.4 Å². The Bertz CT molecular complexity index is 594. The van der Waals surface area contributed by atoms with Crippen LogP contribution in [0.5, 0.6) is 0 Å². The molecule has 1 aromatic rings. The van der Waals surface area contributed by atoms with E-state index in [2.05, 4.69) is 56.2 Å². The fourth-order valence-electron chi connectivity index (χ4n) is 2.26. The highest BCUT2D eigenvalue weighted by atomic mass is 16.1. The van der Waals surface area contributed by atoms with E-state index in [1.807, 2.05) is 0 Å². The maximum atomic E-state index is 11.9. The van der Waals surface area contributed by atoms with Gasteiger partial charge in [-0.2, -0.15) is 0 Å². The molecule has 3 heteroatoms. The maximum absolute atomic E-state index is 11.9. The molecular weight excluding hydrogens is 296 g/mol. The molecule has 0 radical (unpaired) electrons. The zero-order valence-electron chi connectivity index (χ0n) is 15.4. The fourth-order valence-corrected chi connectivity index (χ4v) is 2.26. The Kier molecular flexibility index (Phi) is 9.44. The number of nitrogens with zero attached hydrogens (tertiary/aromatic N) is 1. The van der Waals surface area contributed by atoms with Crippen molar-refractivity contribution in [2.24, 2.45) is 0 Å². The minimum Gasteiger partial charge on any atom is -0.349 e. The highest BCUT2D eigenvalue weighted by Gasteiger charge is 2.02. The minimum atomic E-state index is -0.0588. The first-order valence-electron chi connectivity index (χ1n) is 8.62. The third-order valence-corrected chi connectivity index (χ3v) is 3.78. The summed E-state index contributed by atoms with van der Waals surface area (Å²) in [4.78, 5) is 15.8. The summed E-state index contributed by atoms with van der Waals surface area (Å²) in [5.74, 6) is -0.0588. The summed E-state index contributed by atoms with van der Waals surface area (Å²) < 4.78 is 0. The Morgan fingerprint density at radius 1 is 0.958 bits per heavy atom. The summed E-state index contributed by atoms with van der Waals surface area (Å²) in [5, 5.41) is 2.90. The number of aromatic nitrogens is 1. The molecule has 0 saturated carbocycles. The van der Waals surface area contributed by atoms with Crippen molar-refractivity contribution in [3.05, 3.63) is 65.0 Å². The van der Waals surface area contributed by atoms with E-state index >= 15 is 0 Å². The summed E-state index contributed by atoms with van der Waals surface area (Å²) in [5.41, 5.74) is 4.78. The van der Waals surface area contributed by atoms with Crippen LogP contribution in [-0.2, 0) is 0 Å². The summed E-state index contributed by atoms with van der Waals surface area (Å²) in [6, 6.07) is 3.43. The van der Waals surface area contributed by atoms with E-state index in [0.717, 1.165) is 25.7 Å². The molecule has 0 aliphatic rings. The van der Waals surface area contributed by atoms with Crippen molar-refractivity contribution in [2.75, 3.05) is 6.54 Å². The molecule has 1 rings (SSSR count). The molecule has 0 bridgehead atoms. The smallest absolute Gasteiger partial charge is 0.251 e. The van der Waals surface area contributed by atoms with Crippen LogP contribution < -0.4 is 5.32 Å². The first-order valence-corrected chi connectivity index (χ1v) is 8.62. The SMILES string of the molecule is CC(C)=CCC/C(C)=C/CC/C(C)=C/CNC(=O)c1ccncc1. The molecule has 0 saturated heterocycles. The van der Waals surface area contributed by atoms with Gasteiger partial charge in [0.15, 0.2) is 0 Å². The van der Waals surface area contributed by atoms with Crippen LogP contribution >= 0.6 is 0 Å². The molecule has 130 valence electrons. The van der Waals surface area contributed by atoms with E-state index in [0.29, 0.717) is 12.1 Å². The summed E-state index contributed by atoms with van der Waals surface area (Å²) >= 11 is 0. The Morgan fingerprint density at radius 2 is 1.54 bits per heavy atom. The second-order valence-corrected chi connectivity index (χ2v) is 6.41. The maximum Gasteiger partial charge on any atom is 0.251 e. The molecule has 3 nitrogen and oxygen atoms in total. The van der Waals surface area contributed by atoms with Crippen LogP contribution in [0.25, 0.3) is 0 Å². The van der Waals surface area contributed by atoms with E-state index in [9.17, 15) is 4.79 Å². The number of nitrogens with one attached hydrogen (secondary N) is 1. The van der Waals surface area contributed by atoms with Crippen molar-refractivity contribution >= 4 is 5.91 Å². The molecule has 1 aromatic heterocycles. The minimum absolute atomic E-state index is 0.0588. The molecule has 0 aliphatic carbocycles. The monoisotopic (exact) mass is 326 g/mol. The number of rotatable bonds is 9. The zero-order valence-corrected chi connectivity index (χ0v) is 15.4. The van der Waals surface area contributed by atoms with Crippen LogP contribution in [0.1, 0.15) is 63.7 Å². The summed E-state index contributed by atoms with van der Waals surface area (Å²) in [6.07, 6.45) is 14.3. The van der Waals surface area contributed by atoms with E-state index in [4.69, 9.17) is 0 Å². The van der Waals surface area contributed by atoms with Gasteiger partial charge in [0.1, 0.15) is 0 Å². The Labute approximate surface area is 146 Å². The lowest BCUT2D eigenvalue weighted by atomic mass is 10.1. The average Bonchev–Trinajstić information content (AvgIpc) is 2.55. The molecule has 0 fully saturated rings. The lowest BCUT2D eigenvalue weighted by Crippen LogP contribution is -2.23. The van der Waals surface area contributed by atoms with Gasteiger partial charge < -0.3 is 5.32 Å². The number of carbonyl (C=O) groups excluding carboxylic acids is 1. The second kappa shape index (κ2) is 11.4. The van der Waals surface area contributed by atoms with E-state index in [1.165, 1.54) is 16.7 Å². The Hall–Kier alpha value is -2.16. The normalized spacial score (nSPS) is 12.0. The highest BCUT2D eigenvalue weighted by Crippen LogP contribution is 2.11. The van der Waals surface area contributed by atoms with Gasteiger partial charge in [-0.3, -0.25) is 9.78 Å². The van der Waals surface area contributed by atoms with Crippen LogP contribution in [0.3, 0.4) is 0 Å². The van der Waals surface area contributed by atoms with E-state index in [-0.39, 0.29) is 5.91 Å². The summed E-state index contributed by atoms with van der Waals surface area (Å²) in [6.45, 7) is 9.16. The van der Waals surface area contributed by atoms with Gasteiger partial charge in [0.2, 0.25) is 0 Å². The quantitative estimate of drug-likeness (QED) is 0.631. The van der Waals surface area contributed by atoms with E-state index < -0.39 is 0 Å². The number of hydrogen-bond acceptors (Lipinski definition) is 2. The fraction of sp³-hybridized carbons (Fsp3) is 0.429. The predicted molar refractivity (Wildman–Crippen MR) is 102 cm³/mol. The molecule has 0 aromatic carbocycles. The first-order chi connectivity index (χ1) is 11.5. The largest absolute Gasteiger partial charge is 0.349 e. The highest BCUT2D eigenvalue weighted by molar-refractivity contribution is 5.94. The third kappa shape index (κ3) is 9.09. The molecular formula is C21H30N2O. The number of hydrogen-bond donors (Lipinski definition) is 1. The van der Waals surface area contributed by atoms with Gasteiger partial charge in [-0.15, -0.1) is 0 Å². The first kappa shape index (κ1) is 19.9. The number of amides is 1. The van der Waals surface area contributed by atoms with Crippen LogP contribution in [0.15, 0.2) is 59.5 Å². The van der Waals surface area contributed by atoms with E-state index in [1.54, 1.807) is 24.5 Å². The standard InChI is InChI=1S/C21H30N2O/c1-17(2)7-5-8-18(3)9-6-10-19(4)11-16-23-21(24)20-12-14-22-15-13-20/h7,9,11-15H,5-6,8,10,16H2,1-4H3,(H,23,24)/b18-9+,19-11+. The van der Waals surface area contributed by atoms with Crippen molar-refractivity contribution in [1.29, 1.82) is 0 Å². The molecule has 1 N–H and O–H groups in total. The van der Waals surface area contributed by atoms with Gasteiger partial charge >= 0.3 is 0 Å². The van der Waals surface area contributed by atoms with Crippen molar-refractivity contribution in [3.8, 4) is 0 Å². The van der Waals surface area contributed by atoms with Gasteiger partial charge in [0.25, 0.3) is 5.91 Å². The van der Waals surface area contributed by atoms with Crippen LogP contribution in [0, 0.1) is 0 Å². The number of carbonyl (C=O) groups is 1. The average molecular weight is 326 g/mol. The summed E-state index contributed by atoms with van der Waals surface area (Å²) in [7, 11) is 0. The second-order valence-electron chi connectivity index (χ2n) is 6.41. The molecule has 0 atom stereocenters. The molecule has 1 heterocycles. The molecule has 1 amide bonds. The van der Waals surface area contributed by atoms with Gasteiger partial charge in [-0.05, 0) is 65.5 Å². The Balaban J connectivity index is 2.27. The van der Waals surface area contributed by atoms with Gasteiger partial charge in [0.05, 0.1) is 0 Å². The van der Waals surface area contributed by atoms with Gasteiger partial charge in [0, 0.05) is 24.5 Å². The van der Waals surface area contributed by atoms with Gasteiger partial charge in [-0.1, -0.05) is 34.9 Å². The van der Waals surface area contributed by atoms with Crippen LogP contribution in [0.2, 0.25) is 0 Å². The zero-order chi connectivity index (χ0) is 17.8. The molecule has 0 spiro atoms. The number of allylic oxidation sites excluding steroid dienone is 5. The number of pyridine rings is 1. The predicted octanol–water partition coefficient (Wildman–Crippen LogP) is 5.23. The lowest BCUT2D eigenvalue weighted by molar-refractivity contribution is 0.0958. The van der Waals surface area contributed by atoms with Crippen molar-refractivity contribution in [1.82, 2.24) is 10.3 Å². The molecule has 24 heavy (non-hydrogen) atoms.